The number of halogens is 1. The molecule has 1 saturated carbocycles. The summed E-state index contributed by atoms with van der Waals surface area (Å²) in [6.07, 6.45) is 8.70. The maximum absolute atomic E-state index is 13.0. The first kappa shape index (κ1) is 19.8. The smallest absolute Gasteiger partial charge is 0.255 e. The number of ether oxygens (including phenoxy) is 2. The van der Waals surface area contributed by atoms with Gasteiger partial charge in [-0.2, -0.15) is 0 Å². The number of hydrogen-bond acceptors (Lipinski definition) is 4. The van der Waals surface area contributed by atoms with Gasteiger partial charge in [0.05, 0.1) is 12.1 Å². The molecule has 2 amide bonds. The molecule has 0 aromatic heterocycles. The average Bonchev–Trinajstić information content (AvgIpc) is 2.67. The summed E-state index contributed by atoms with van der Waals surface area (Å²) in [6, 6.07) is 3.17. The van der Waals surface area contributed by atoms with E-state index in [2.05, 4.69) is 0 Å². The van der Waals surface area contributed by atoms with E-state index in [0.29, 0.717) is 16.7 Å². The van der Waals surface area contributed by atoms with E-state index in [1.165, 1.54) is 39.2 Å². The van der Waals surface area contributed by atoms with Gasteiger partial charge in [0.15, 0.2) is 18.1 Å². The Bertz CT molecular complexity index is 706. The van der Waals surface area contributed by atoms with Gasteiger partial charge in [-0.25, -0.2) is 0 Å². The monoisotopic (exact) mass is 394 g/mol. The molecule has 1 saturated heterocycles. The van der Waals surface area contributed by atoms with Gasteiger partial charge in [-0.15, -0.1) is 0 Å². The maximum Gasteiger partial charge on any atom is 0.255 e. The topological polar surface area (TPSA) is 81.9 Å². The molecule has 6 nitrogen and oxygen atoms in total. The van der Waals surface area contributed by atoms with Crippen LogP contribution in [-0.4, -0.2) is 43.5 Å². The third kappa shape index (κ3) is 4.49. The van der Waals surface area contributed by atoms with Crippen molar-refractivity contribution >= 4 is 23.4 Å². The second-order valence-electron chi connectivity index (χ2n) is 7.60. The van der Waals surface area contributed by atoms with E-state index in [-0.39, 0.29) is 23.3 Å². The Kier molecular flexibility index (Phi) is 6.15. The molecular formula is C20H27ClN2O4. The fourth-order valence-corrected chi connectivity index (χ4v) is 4.56. The summed E-state index contributed by atoms with van der Waals surface area (Å²) in [5.41, 5.74) is 6.01. The lowest BCUT2D eigenvalue weighted by molar-refractivity contribution is -0.119. The number of nitrogens with two attached hydrogens (primary N) is 1. The Morgan fingerprint density at radius 2 is 1.81 bits per heavy atom. The second kappa shape index (κ2) is 8.38. The van der Waals surface area contributed by atoms with Gasteiger partial charge < -0.3 is 20.1 Å². The van der Waals surface area contributed by atoms with E-state index < -0.39 is 5.91 Å². The van der Waals surface area contributed by atoms with Crippen LogP contribution in [0, 0.1) is 5.41 Å². The van der Waals surface area contributed by atoms with Crippen LogP contribution in [0.25, 0.3) is 0 Å². The van der Waals surface area contributed by atoms with Crippen LogP contribution in [0.15, 0.2) is 12.1 Å². The number of primary amides is 1. The lowest BCUT2D eigenvalue weighted by Crippen LogP contribution is -2.43. The Hall–Kier alpha value is -1.95. The number of carbonyl (C=O) groups is 2. The summed E-state index contributed by atoms with van der Waals surface area (Å²) < 4.78 is 10.6. The Morgan fingerprint density at radius 3 is 2.41 bits per heavy atom. The molecule has 1 aromatic carbocycles. The third-order valence-corrected chi connectivity index (χ3v) is 6.14. The first-order valence-corrected chi connectivity index (χ1v) is 9.90. The summed E-state index contributed by atoms with van der Waals surface area (Å²) in [7, 11) is 1.46. The first-order chi connectivity index (χ1) is 12.9. The zero-order valence-corrected chi connectivity index (χ0v) is 16.5. The summed E-state index contributed by atoms with van der Waals surface area (Å²) in [4.78, 5) is 25.8. The molecule has 7 heteroatoms. The van der Waals surface area contributed by atoms with Gasteiger partial charge in [-0.05, 0) is 43.2 Å². The number of rotatable bonds is 5. The number of piperidine rings is 1. The van der Waals surface area contributed by atoms with Crippen molar-refractivity contribution < 1.29 is 19.1 Å². The largest absolute Gasteiger partial charge is 0.493 e. The van der Waals surface area contributed by atoms with E-state index in [9.17, 15) is 9.59 Å². The van der Waals surface area contributed by atoms with Gasteiger partial charge >= 0.3 is 0 Å². The van der Waals surface area contributed by atoms with Gasteiger partial charge in [0.2, 0.25) is 0 Å². The molecule has 2 fully saturated rings. The molecule has 0 bridgehead atoms. The molecule has 1 aliphatic heterocycles. The van der Waals surface area contributed by atoms with Crippen LogP contribution in [0.2, 0.25) is 5.02 Å². The van der Waals surface area contributed by atoms with Crippen LogP contribution in [0.5, 0.6) is 11.5 Å². The van der Waals surface area contributed by atoms with Crippen molar-refractivity contribution in [2.24, 2.45) is 11.1 Å². The molecule has 1 aromatic rings. The van der Waals surface area contributed by atoms with Gasteiger partial charge in [0, 0.05) is 18.7 Å². The van der Waals surface area contributed by atoms with Crippen molar-refractivity contribution in [1.82, 2.24) is 4.90 Å². The van der Waals surface area contributed by atoms with Crippen molar-refractivity contribution in [3.8, 4) is 11.5 Å². The molecule has 1 heterocycles. The number of benzene rings is 1. The lowest BCUT2D eigenvalue weighted by Gasteiger charge is -2.44. The number of amides is 2. The maximum atomic E-state index is 13.0. The highest BCUT2D eigenvalue weighted by Gasteiger charge is 2.37. The lowest BCUT2D eigenvalue weighted by atomic mass is 9.68. The molecule has 3 rings (SSSR count). The van der Waals surface area contributed by atoms with E-state index >= 15 is 0 Å². The van der Waals surface area contributed by atoms with E-state index in [1.807, 2.05) is 4.90 Å². The van der Waals surface area contributed by atoms with Crippen LogP contribution in [0.1, 0.15) is 55.3 Å². The molecule has 27 heavy (non-hydrogen) atoms. The molecule has 1 spiro atoms. The van der Waals surface area contributed by atoms with E-state index in [4.69, 9.17) is 26.8 Å². The number of methoxy groups -OCH3 is 1. The normalized spacial score (nSPS) is 19.0. The number of carbonyl (C=O) groups excluding carboxylic acids is 2. The van der Waals surface area contributed by atoms with Crippen LogP contribution < -0.4 is 15.2 Å². The predicted molar refractivity (Wildman–Crippen MR) is 103 cm³/mol. The Morgan fingerprint density at radius 1 is 1.15 bits per heavy atom. The predicted octanol–water partition coefficient (Wildman–Crippen LogP) is 3.40. The van der Waals surface area contributed by atoms with Crippen molar-refractivity contribution in [3.63, 3.8) is 0 Å². The molecule has 148 valence electrons. The van der Waals surface area contributed by atoms with Crippen LogP contribution in [0.3, 0.4) is 0 Å². The third-order valence-electron chi connectivity index (χ3n) is 5.86. The fraction of sp³-hybridized carbons (Fsp3) is 0.600. The molecule has 2 aliphatic rings. The van der Waals surface area contributed by atoms with E-state index in [1.54, 1.807) is 12.1 Å². The first-order valence-electron chi connectivity index (χ1n) is 9.52. The molecule has 0 atom stereocenters. The highest BCUT2D eigenvalue weighted by molar-refractivity contribution is 6.32. The van der Waals surface area contributed by atoms with Crippen LogP contribution >= 0.6 is 11.6 Å². The molecule has 1 aliphatic carbocycles. The standard InChI is InChI=1S/C20H27ClN2O4/c1-26-16-12-14(11-15(21)18(16)27-13-17(22)24)19(25)23-9-7-20(8-10-23)5-3-2-4-6-20/h11-12H,2-10,13H2,1H3,(H2,22,24). The fourth-order valence-electron chi connectivity index (χ4n) is 4.30. The van der Waals surface area contributed by atoms with Gasteiger partial charge in [0.1, 0.15) is 0 Å². The molecule has 2 N–H and O–H groups in total. The Balaban J connectivity index is 1.71. The number of likely N-dealkylation sites (tertiary alicyclic amines) is 1. The van der Waals surface area contributed by atoms with Gasteiger partial charge in [0.25, 0.3) is 11.8 Å². The highest BCUT2D eigenvalue weighted by Crippen LogP contribution is 2.45. The number of nitrogens with zero attached hydrogens (tertiary/aromatic N) is 1. The van der Waals surface area contributed by atoms with Crippen molar-refractivity contribution in [2.45, 2.75) is 44.9 Å². The van der Waals surface area contributed by atoms with E-state index in [0.717, 1.165) is 25.9 Å². The van der Waals surface area contributed by atoms with Gasteiger partial charge in [-0.1, -0.05) is 30.9 Å². The summed E-state index contributed by atoms with van der Waals surface area (Å²) in [5.74, 6) is -0.136. The van der Waals surface area contributed by atoms with Crippen molar-refractivity contribution in [1.29, 1.82) is 0 Å². The minimum absolute atomic E-state index is 0.0534. The summed E-state index contributed by atoms with van der Waals surface area (Å²) in [6.45, 7) is 1.25. The quantitative estimate of drug-likeness (QED) is 0.829. The van der Waals surface area contributed by atoms with Crippen molar-refractivity contribution in [2.75, 3.05) is 26.8 Å². The van der Waals surface area contributed by atoms with Crippen LogP contribution in [-0.2, 0) is 4.79 Å². The Labute approximate surface area is 164 Å². The van der Waals surface area contributed by atoms with Crippen molar-refractivity contribution in [3.05, 3.63) is 22.7 Å². The highest BCUT2D eigenvalue weighted by atomic mass is 35.5. The molecule has 0 radical (unpaired) electrons. The molecule has 0 unspecified atom stereocenters. The second-order valence-corrected chi connectivity index (χ2v) is 8.00. The van der Waals surface area contributed by atoms with Crippen LogP contribution in [0.4, 0.5) is 0 Å². The zero-order chi connectivity index (χ0) is 19.4. The number of hydrogen-bond donors (Lipinski definition) is 1. The minimum Gasteiger partial charge on any atom is -0.493 e. The zero-order valence-electron chi connectivity index (χ0n) is 15.8. The van der Waals surface area contributed by atoms with Gasteiger partial charge in [-0.3, -0.25) is 9.59 Å². The SMILES string of the molecule is COc1cc(C(=O)N2CCC3(CCCCC3)CC2)cc(Cl)c1OCC(N)=O. The summed E-state index contributed by atoms with van der Waals surface area (Å²) >= 11 is 6.27. The molecular weight excluding hydrogens is 368 g/mol. The minimum atomic E-state index is -0.613. The summed E-state index contributed by atoms with van der Waals surface area (Å²) in [5, 5.41) is 0.222. The average molecular weight is 395 g/mol.